The van der Waals surface area contributed by atoms with Crippen LogP contribution in [-0.2, 0) is 0 Å². The molecule has 4 nitrogen and oxygen atoms in total. The molecule has 112 valence electrons. The van der Waals surface area contributed by atoms with Crippen LogP contribution in [-0.4, -0.2) is 28.2 Å². The summed E-state index contributed by atoms with van der Waals surface area (Å²) >= 11 is 0. The zero-order valence-electron chi connectivity index (χ0n) is 12.9. The number of carbonyl (C=O) groups is 1. The Hall–Kier alpha value is -1.29. The van der Waals surface area contributed by atoms with E-state index in [1.165, 1.54) is 0 Å². The SMILES string of the molecule is Cc1cc(C(=O)NC(CCO)C2CC2)c(C)n1C(C)C. The first kappa shape index (κ1) is 15.1. The predicted molar refractivity (Wildman–Crippen MR) is 80.0 cm³/mol. The summed E-state index contributed by atoms with van der Waals surface area (Å²) < 4.78 is 2.19. The number of nitrogens with zero attached hydrogens (tertiary/aromatic N) is 1. The van der Waals surface area contributed by atoms with Crippen LogP contribution in [0.25, 0.3) is 0 Å². The second-order valence-electron chi connectivity index (χ2n) is 6.18. The fourth-order valence-corrected chi connectivity index (χ4v) is 3.11. The average Bonchev–Trinajstić information content (AvgIpc) is 3.14. The van der Waals surface area contributed by atoms with Gasteiger partial charge in [-0.2, -0.15) is 0 Å². The van der Waals surface area contributed by atoms with Gasteiger partial charge in [0.05, 0.1) is 5.56 Å². The first-order valence-corrected chi connectivity index (χ1v) is 7.55. The Kier molecular flexibility index (Phi) is 4.53. The molecule has 1 aromatic rings. The number of aliphatic hydroxyl groups is 1. The number of aromatic nitrogens is 1. The predicted octanol–water partition coefficient (Wildman–Crippen LogP) is 2.58. The molecule has 4 heteroatoms. The monoisotopic (exact) mass is 278 g/mol. The van der Waals surface area contributed by atoms with Crippen LogP contribution in [0.2, 0.25) is 0 Å². The van der Waals surface area contributed by atoms with Crippen LogP contribution >= 0.6 is 0 Å². The van der Waals surface area contributed by atoms with Gasteiger partial charge < -0.3 is 15.0 Å². The van der Waals surface area contributed by atoms with Crippen molar-refractivity contribution in [2.75, 3.05) is 6.61 Å². The highest BCUT2D eigenvalue weighted by molar-refractivity contribution is 5.96. The summed E-state index contributed by atoms with van der Waals surface area (Å²) in [6.45, 7) is 8.42. The van der Waals surface area contributed by atoms with Crippen LogP contribution in [0.4, 0.5) is 0 Å². The number of hydrogen-bond donors (Lipinski definition) is 2. The molecule has 1 atom stereocenters. The lowest BCUT2D eigenvalue weighted by molar-refractivity contribution is 0.0923. The van der Waals surface area contributed by atoms with E-state index in [-0.39, 0.29) is 18.6 Å². The Morgan fingerprint density at radius 3 is 2.55 bits per heavy atom. The summed E-state index contributed by atoms with van der Waals surface area (Å²) in [6, 6.07) is 2.44. The van der Waals surface area contributed by atoms with Crippen LogP contribution in [0.15, 0.2) is 6.07 Å². The van der Waals surface area contributed by atoms with E-state index in [2.05, 4.69) is 23.7 Å². The standard InChI is InChI=1S/C16H26N2O2/c1-10(2)18-11(3)9-14(12(18)4)16(20)17-15(7-8-19)13-5-6-13/h9-10,13,15,19H,5-8H2,1-4H3,(H,17,20). The molecule has 0 bridgehead atoms. The Morgan fingerprint density at radius 2 is 2.10 bits per heavy atom. The van der Waals surface area contributed by atoms with Gasteiger partial charge in [0.15, 0.2) is 0 Å². The van der Waals surface area contributed by atoms with Crippen LogP contribution in [0.1, 0.15) is 60.9 Å². The zero-order chi connectivity index (χ0) is 14.9. The van der Waals surface area contributed by atoms with Gasteiger partial charge in [-0.05, 0) is 58.9 Å². The summed E-state index contributed by atoms with van der Waals surface area (Å²) in [5.74, 6) is 0.551. The van der Waals surface area contributed by atoms with Gasteiger partial charge in [-0.25, -0.2) is 0 Å². The molecule has 1 aliphatic rings. The minimum atomic E-state index is -0.00431. The Balaban J connectivity index is 2.14. The number of carbonyl (C=O) groups excluding carboxylic acids is 1. The second kappa shape index (κ2) is 6.00. The topological polar surface area (TPSA) is 54.3 Å². The van der Waals surface area contributed by atoms with Crippen molar-refractivity contribution >= 4 is 5.91 Å². The van der Waals surface area contributed by atoms with Gasteiger partial charge in [0.25, 0.3) is 5.91 Å². The van der Waals surface area contributed by atoms with Gasteiger partial charge in [-0.15, -0.1) is 0 Å². The third kappa shape index (κ3) is 3.06. The molecule has 1 amide bonds. The van der Waals surface area contributed by atoms with E-state index in [0.29, 0.717) is 18.4 Å². The third-order valence-electron chi connectivity index (χ3n) is 4.19. The zero-order valence-corrected chi connectivity index (χ0v) is 12.9. The maximum atomic E-state index is 12.5. The number of nitrogens with one attached hydrogen (secondary N) is 1. The Labute approximate surface area is 121 Å². The molecule has 2 N–H and O–H groups in total. The number of aryl methyl sites for hydroxylation is 1. The van der Waals surface area contributed by atoms with Crippen molar-refractivity contribution in [3.63, 3.8) is 0 Å². The van der Waals surface area contributed by atoms with E-state index in [4.69, 9.17) is 5.11 Å². The lowest BCUT2D eigenvalue weighted by atomic mass is 10.1. The van der Waals surface area contributed by atoms with Gasteiger partial charge in [0.2, 0.25) is 0 Å². The van der Waals surface area contributed by atoms with E-state index in [1.54, 1.807) is 0 Å². The molecule has 1 aromatic heterocycles. The lowest BCUT2D eigenvalue weighted by Crippen LogP contribution is -2.37. The van der Waals surface area contributed by atoms with Gasteiger partial charge in [0, 0.05) is 30.1 Å². The van der Waals surface area contributed by atoms with Gasteiger partial charge in [-0.1, -0.05) is 0 Å². The highest BCUT2D eigenvalue weighted by Gasteiger charge is 2.32. The smallest absolute Gasteiger partial charge is 0.253 e. The van der Waals surface area contributed by atoms with E-state index in [0.717, 1.165) is 29.8 Å². The van der Waals surface area contributed by atoms with Crippen molar-refractivity contribution in [2.45, 2.75) is 59.0 Å². The first-order chi connectivity index (χ1) is 9.45. The second-order valence-corrected chi connectivity index (χ2v) is 6.18. The normalized spacial score (nSPS) is 16.5. The van der Waals surface area contributed by atoms with Crippen LogP contribution in [0, 0.1) is 19.8 Å². The summed E-state index contributed by atoms with van der Waals surface area (Å²) in [6.07, 6.45) is 2.98. The van der Waals surface area contributed by atoms with Crippen molar-refractivity contribution in [1.29, 1.82) is 0 Å². The molecule has 1 heterocycles. The number of aliphatic hydroxyl groups excluding tert-OH is 1. The summed E-state index contributed by atoms with van der Waals surface area (Å²) in [7, 11) is 0. The molecule has 0 spiro atoms. The highest BCUT2D eigenvalue weighted by atomic mass is 16.3. The van der Waals surface area contributed by atoms with Crippen LogP contribution in [0.5, 0.6) is 0 Å². The highest BCUT2D eigenvalue weighted by Crippen LogP contribution is 2.34. The maximum absolute atomic E-state index is 12.5. The number of hydrogen-bond acceptors (Lipinski definition) is 2. The number of amides is 1. The summed E-state index contributed by atoms with van der Waals surface area (Å²) in [5, 5.41) is 12.2. The van der Waals surface area contributed by atoms with Crippen LogP contribution in [0.3, 0.4) is 0 Å². The van der Waals surface area contributed by atoms with Crippen molar-refractivity contribution in [2.24, 2.45) is 5.92 Å². The van der Waals surface area contributed by atoms with Gasteiger partial charge in [0.1, 0.15) is 0 Å². The Bertz CT molecular complexity index is 487. The molecular weight excluding hydrogens is 252 g/mol. The van der Waals surface area contributed by atoms with Crippen molar-refractivity contribution in [3.05, 3.63) is 23.0 Å². The minimum absolute atomic E-state index is 0.00431. The fourth-order valence-electron chi connectivity index (χ4n) is 3.11. The molecule has 0 saturated heterocycles. The van der Waals surface area contributed by atoms with E-state index in [1.807, 2.05) is 19.9 Å². The maximum Gasteiger partial charge on any atom is 0.253 e. The summed E-state index contributed by atoms with van der Waals surface area (Å²) in [5.41, 5.74) is 2.90. The van der Waals surface area contributed by atoms with E-state index >= 15 is 0 Å². The molecule has 1 fully saturated rings. The lowest BCUT2D eigenvalue weighted by Gasteiger charge is -2.18. The largest absolute Gasteiger partial charge is 0.396 e. The number of rotatable bonds is 6. The van der Waals surface area contributed by atoms with Crippen LogP contribution < -0.4 is 5.32 Å². The molecule has 20 heavy (non-hydrogen) atoms. The molecule has 1 unspecified atom stereocenters. The van der Waals surface area contributed by atoms with Gasteiger partial charge >= 0.3 is 0 Å². The molecule has 0 radical (unpaired) electrons. The molecule has 0 aromatic carbocycles. The molecule has 1 saturated carbocycles. The van der Waals surface area contributed by atoms with Crippen molar-refractivity contribution < 1.29 is 9.90 Å². The minimum Gasteiger partial charge on any atom is -0.396 e. The average molecular weight is 278 g/mol. The molecule has 1 aliphatic carbocycles. The molecule has 0 aliphatic heterocycles. The first-order valence-electron chi connectivity index (χ1n) is 7.55. The van der Waals surface area contributed by atoms with E-state index < -0.39 is 0 Å². The van der Waals surface area contributed by atoms with Crippen molar-refractivity contribution in [1.82, 2.24) is 9.88 Å². The Morgan fingerprint density at radius 1 is 1.45 bits per heavy atom. The van der Waals surface area contributed by atoms with Gasteiger partial charge in [-0.3, -0.25) is 4.79 Å². The fraction of sp³-hybridized carbons (Fsp3) is 0.688. The quantitative estimate of drug-likeness (QED) is 0.840. The third-order valence-corrected chi connectivity index (χ3v) is 4.19. The summed E-state index contributed by atoms with van der Waals surface area (Å²) in [4.78, 5) is 12.5. The van der Waals surface area contributed by atoms with Crippen molar-refractivity contribution in [3.8, 4) is 0 Å². The van der Waals surface area contributed by atoms with E-state index in [9.17, 15) is 4.79 Å². The molecular formula is C16H26N2O2. The molecule has 2 rings (SSSR count).